The summed E-state index contributed by atoms with van der Waals surface area (Å²) in [5.74, 6) is 0.678. The van der Waals surface area contributed by atoms with Crippen LogP contribution in [0.1, 0.15) is 42.4 Å². The van der Waals surface area contributed by atoms with Gasteiger partial charge in [0, 0.05) is 30.0 Å². The number of amides is 2. The summed E-state index contributed by atoms with van der Waals surface area (Å²) in [6.45, 7) is 2.41. The number of aromatic nitrogens is 3. The minimum atomic E-state index is -0.599. The Morgan fingerprint density at radius 1 is 1.21 bits per heavy atom. The van der Waals surface area contributed by atoms with E-state index in [4.69, 9.17) is 9.47 Å². The number of urea groups is 1. The van der Waals surface area contributed by atoms with Crippen molar-refractivity contribution in [3.63, 3.8) is 0 Å². The van der Waals surface area contributed by atoms with Gasteiger partial charge in [0.15, 0.2) is 11.4 Å². The summed E-state index contributed by atoms with van der Waals surface area (Å²) in [5, 5.41) is 22.4. The fourth-order valence-corrected chi connectivity index (χ4v) is 4.35. The lowest BCUT2D eigenvalue weighted by molar-refractivity contribution is -0.245. The molecule has 0 radical (unpaired) electrons. The summed E-state index contributed by atoms with van der Waals surface area (Å²) in [6.07, 6.45) is 1.28. The molecule has 174 valence electrons. The maximum Gasteiger partial charge on any atom is 0.319 e. The Balaban J connectivity index is 1.53. The van der Waals surface area contributed by atoms with Crippen LogP contribution in [-0.4, -0.2) is 44.7 Å². The standard InChI is InChI=1S/C23H27N5O4S/c1-2-24-22(30)27-18-5-3-4-17(10-18)21-31-19(13-33-23-25-14-26-28-23)11-20(32-21)16-8-6-15(12-29)7-9-16/h3-10,14,19-21,29H,2,11-13H2,1H3,(H2,24,27,30)(H,25,26,28)/t19-,20+,21+/m1/s1. The van der Waals surface area contributed by atoms with Gasteiger partial charge in [0.05, 0.1) is 18.8 Å². The number of carbonyl (C=O) groups is 1. The number of thioether (sulfide) groups is 1. The van der Waals surface area contributed by atoms with Crippen molar-refractivity contribution in [3.05, 3.63) is 71.5 Å². The lowest BCUT2D eigenvalue weighted by Gasteiger charge is -2.36. The first-order valence-corrected chi connectivity index (χ1v) is 11.8. The molecule has 0 unspecified atom stereocenters. The van der Waals surface area contributed by atoms with Crippen LogP contribution in [0.25, 0.3) is 0 Å². The number of nitrogens with one attached hydrogen (secondary N) is 3. The van der Waals surface area contributed by atoms with E-state index in [2.05, 4.69) is 25.8 Å². The Morgan fingerprint density at radius 2 is 2.06 bits per heavy atom. The van der Waals surface area contributed by atoms with E-state index in [9.17, 15) is 9.90 Å². The van der Waals surface area contributed by atoms with Crippen LogP contribution in [0.3, 0.4) is 0 Å². The fraction of sp³-hybridized carbons (Fsp3) is 0.348. The molecule has 0 aliphatic carbocycles. The van der Waals surface area contributed by atoms with Gasteiger partial charge in [-0.25, -0.2) is 9.78 Å². The van der Waals surface area contributed by atoms with Crippen molar-refractivity contribution in [1.29, 1.82) is 0 Å². The summed E-state index contributed by atoms with van der Waals surface area (Å²) in [5.41, 5.74) is 3.35. The highest BCUT2D eigenvalue weighted by molar-refractivity contribution is 7.99. The number of anilines is 1. The Kier molecular flexibility index (Phi) is 7.95. The third-order valence-corrected chi connectivity index (χ3v) is 6.18. The van der Waals surface area contributed by atoms with Gasteiger partial charge in [-0.05, 0) is 30.2 Å². The number of nitrogens with zero attached hydrogens (tertiary/aromatic N) is 2. The molecule has 1 saturated heterocycles. The molecule has 2 amide bonds. The van der Waals surface area contributed by atoms with E-state index in [1.165, 1.54) is 6.33 Å². The molecule has 1 aromatic heterocycles. The number of H-pyrrole nitrogens is 1. The number of hydrogen-bond acceptors (Lipinski definition) is 7. The number of benzene rings is 2. The summed E-state index contributed by atoms with van der Waals surface area (Å²) >= 11 is 1.54. The van der Waals surface area contributed by atoms with Crippen LogP contribution < -0.4 is 10.6 Å². The lowest BCUT2D eigenvalue weighted by atomic mass is 10.0. The maximum absolute atomic E-state index is 11.9. The van der Waals surface area contributed by atoms with E-state index in [-0.39, 0.29) is 24.8 Å². The summed E-state index contributed by atoms with van der Waals surface area (Å²) in [6, 6.07) is 15.0. The van der Waals surface area contributed by atoms with Crippen LogP contribution in [0.2, 0.25) is 0 Å². The monoisotopic (exact) mass is 469 g/mol. The minimum absolute atomic E-state index is 0.000607. The van der Waals surface area contributed by atoms with Gasteiger partial charge in [-0.2, -0.15) is 5.10 Å². The van der Waals surface area contributed by atoms with E-state index in [1.807, 2.05) is 55.5 Å². The number of rotatable bonds is 8. The Bertz CT molecular complexity index is 1030. The van der Waals surface area contributed by atoms with Gasteiger partial charge < -0.3 is 25.2 Å². The normalized spacial score (nSPS) is 20.4. The van der Waals surface area contributed by atoms with E-state index >= 15 is 0 Å². The molecule has 9 nitrogen and oxygen atoms in total. The zero-order valence-corrected chi connectivity index (χ0v) is 19.0. The molecule has 2 heterocycles. The van der Waals surface area contributed by atoms with E-state index < -0.39 is 6.29 Å². The number of aliphatic hydroxyl groups is 1. The van der Waals surface area contributed by atoms with Crippen LogP contribution in [0.4, 0.5) is 10.5 Å². The molecular formula is C23H27N5O4S. The molecule has 0 bridgehead atoms. The average molecular weight is 470 g/mol. The van der Waals surface area contributed by atoms with Crippen LogP contribution in [0.15, 0.2) is 60.0 Å². The van der Waals surface area contributed by atoms with Gasteiger partial charge in [0.1, 0.15) is 6.33 Å². The molecule has 33 heavy (non-hydrogen) atoms. The van der Waals surface area contributed by atoms with Crippen LogP contribution in [0, 0.1) is 0 Å². The minimum Gasteiger partial charge on any atom is -0.392 e. The molecule has 1 aliphatic heterocycles. The lowest BCUT2D eigenvalue weighted by Crippen LogP contribution is -2.31. The third kappa shape index (κ3) is 6.32. The maximum atomic E-state index is 11.9. The Labute approximate surface area is 196 Å². The van der Waals surface area contributed by atoms with Crippen molar-refractivity contribution in [2.45, 2.75) is 43.6 Å². The molecule has 3 aromatic rings. The molecule has 4 N–H and O–H groups in total. The predicted molar refractivity (Wildman–Crippen MR) is 125 cm³/mol. The van der Waals surface area contributed by atoms with E-state index in [0.29, 0.717) is 24.4 Å². The van der Waals surface area contributed by atoms with E-state index in [1.54, 1.807) is 11.8 Å². The first kappa shape index (κ1) is 23.2. The SMILES string of the molecule is CCNC(=O)Nc1cccc([C@H]2O[C@@H](CSc3ncn[nH]3)C[C@@H](c3ccc(CO)cc3)O2)c1. The van der Waals surface area contributed by atoms with Crippen molar-refractivity contribution in [1.82, 2.24) is 20.5 Å². The largest absolute Gasteiger partial charge is 0.392 e. The number of aromatic amines is 1. The molecule has 1 fully saturated rings. The van der Waals surface area contributed by atoms with Gasteiger partial charge in [0.2, 0.25) is 0 Å². The van der Waals surface area contributed by atoms with Crippen LogP contribution in [-0.2, 0) is 16.1 Å². The number of carbonyl (C=O) groups excluding carboxylic acids is 1. The zero-order valence-electron chi connectivity index (χ0n) is 18.2. The van der Waals surface area contributed by atoms with E-state index in [0.717, 1.165) is 21.8 Å². The van der Waals surface area contributed by atoms with Crippen LogP contribution >= 0.6 is 11.8 Å². The predicted octanol–water partition coefficient (Wildman–Crippen LogP) is 3.78. The fourth-order valence-electron chi connectivity index (χ4n) is 3.56. The number of hydrogen-bond donors (Lipinski definition) is 4. The highest BCUT2D eigenvalue weighted by Crippen LogP contribution is 2.39. The summed E-state index contributed by atoms with van der Waals surface area (Å²) in [7, 11) is 0. The number of aliphatic hydroxyl groups excluding tert-OH is 1. The quantitative estimate of drug-likeness (QED) is 0.371. The Morgan fingerprint density at radius 3 is 2.79 bits per heavy atom. The van der Waals surface area contributed by atoms with Crippen LogP contribution in [0.5, 0.6) is 0 Å². The summed E-state index contributed by atoms with van der Waals surface area (Å²) in [4.78, 5) is 16.1. The van der Waals surface area contributed by atoms with Crippen molar-refractivity contribution in [3.8, 4) is 0 Å². The number of ether oxygens (including phenoxy) is 2. The molecule has 4 rings (SSSR count). The molecule has 0 saturated carbocycles. The van der Waals surface area contributed by atoms with Crippen molar-refractivity contribution < 1.29 is 19.4 Å². The molecule has 3 atom stereocenters. The van der Waals surface area contributed by atoms with Gasteiger partial charge in [0.25, 0.3) is 0 Å². The topological polar surface area (TPSA) is 121 Å². The van der Waals surface area contributed by atoms with Crippen molar-refractivity contribution in [2.24, 2.45) is 0 Å². The first-order chi connectivity index (χ1) is 16.1. The second-order valence-corrected chi connectivity index (χ2v) is 8.57. The second kappa shape index (κ2) is 11.3. The highest BCUT2D eigenvalue weighted by Gasteiger charge is 2.32. The van der Waals surface area contributed by atoms with Gasteiger partial charge in [-0.15, -0.1) is 0 Å². The molecule has 2 aromatic carbocycles. The first-order valence-electron chi connectivity index (χ1n) is 10.8. The van der Waals surface area contributed by atoms with Gasteiger partial charge in [-0.1, -0.05) is 48.2 Å². The smallest absolute Gasteiger partial charge is 0.319 e. The second-order valence-electron chi connectivity index (χ2n) is 7.56. The van der Waals surface area contributed by atoms with Crippen molar-refractivity contribution in [2.75, 3.05) is 17.6 Å². The van der Waals surface area contributed by atoms with Gasteiger partial charge in [-0.3, -0.25) is 5.10 Å². The Hall–Kier alpha value is -2.92. The molecule has 1 aliphatic rings. The van der Waals surface area contributed by atoms with Crippen molar-refractivity contribution >= 4 is 23.5 Å². The highest BCUT2D eigenvalue weighted by atomic mass is 32.2. The zero-order chi connectivity index (χ0) is 23.0. The average Bonchev–Trinajstić information content (AvgIpc) is 3.37. The van der Waals surface area contributed by atoms with Gasteiger partial charge >= 0.3 is 6.03 Å². The third-order valence-electron chi connectivity index (χ3n) is 5.17. The molecular weight excluding hydrogens is 442 g/mol. The molecule has 0 spiro atoms. The molecule has 10 heteroatoms. The summed E-state index contributed by atoms with van der Waals surface area (Å²) < 4.78 is 12.7.